The first-order valence-electron chi connectivity index (χ1n) is 6.79. The Labute approximate surface area is 149 Å². The summed E-state index contributed by atoms with van der Waals surface area (Å²) in [5.41, 5.74) is 0.387. The fourth-order valence-electron chi connectivity index (χ4n) is 2.05. The summed E-state index contributed by atoms with van der Waals surface area (Å²) in [6.45, 7) is 0.160. The summed E-state index contributed by atoms with van der Waals surface area (Å²) in [5, 5.41) is 10.8. The van der Waals surface area contributed by atoms with E-state index in [4.69, 9.17) is 11.6 Å². The molecule has 0 N–H and O–H groups in total. The molecule has 0 radical (unpaired) electrons. The molecular weight excluding hydrogens is 372 g/mol. The van der Waals surface area contributed by atoms with E-state index in [9.17, 15) is 18.5 Å². The third-order valence-corrected chi connectivity index (χ3v) is 6.25. The lowest BCUT2D eigenvalue weighted by Gasteiger charge is -2.17. The molecule has 0 aliphatic rings. The minimum Gasteiger partial charge on any atom is -0.258 e. The molecule has 0 aromatic heterocycles. The summed E-state index contributed by atoms with van der Waals surface area (Å²) in [5.74, 6) is 0. The lowest BCUT2D eigenvalue weighted by molar-refractivity contribution is -0.384. The maximum Gasteiger partial charge on any atom is 0.289 e. The average Bonchev–Trinajstić information content (AvgIpc) is 2.55. The molecule has 0 aliphatic heterocycles. The molecule has 0 unspecified atom stereocenters. The van der Waals surface area contributed by atoms with Crippen molar-refractivity contribution in [3.05, 3.63) is 63.2 Å². The number of hydrogen-bond acceptors (Lipinski definition) is 5. The van der Waals surface area contributed by atoms with Crippen LogP contribution in [-0.2, 0) is 16.6 Å². The number of nitro benzene ring substituents is 1. The monoisotopic (exact) mass is 386 g/mol. The number of rotatable bonds is 6. The maximum absolute atomic E-state index is 12.6. The second kappa shape index (κ2) is 7.52. The van der Waals surface area contributed by atoms with E-state index < -0.39 is 20.6 Å². The van der Waals surface area contributed by atoms with Gasteiger partial charge in [-0.05, 0) is 36.1 Å². The van der Waals surface area contributed by atoms with Crippen molar-refractivity contribution in [1.82, 2.24) is 4.31 Å². The SMILES string of the molecule is CSc1ccc(CN(C)S(=O)(=O)c2ccc(Cl)c([N+](=O)[O-])c2)cc1. The van der Waals surface area contributed by atoms with Gasteiger partial charge in [0.05, 0.1) is 9.82 Å². The molecule has 24 heavy (non-hydrogen) atoms. The molecule has 0 fully saturated rings. The van der Waals surface area contributed by atoms with Gasteiger partial charge in [-0.3, -0.25) is 10.1 Å². The summed E-state index contributed by atoms with van der Waals surface area (Å²) in [6, 6.07) is 11.0. The van der Waals surface area contributed by atoms with Gasteiger partial charge >= 0.3 is 0 Å². The third kappa shape index (κ3) is 4.07. The minimum absolute atomic E-state index is 0.103. The highest BCUT2D eigenvalue weighted by atomic mass is 35.5. The van der Waals surface area contributed by atoms with E-state index in [0.29, 0.717) is 0 Å². The molecule has 0 atom stereocenters. The third-order valence-electron chi connectivity index (χ3n) is 3.39. The van der Waals surface area contributed by atoms with E-state index >= 15 is 0 Å². The quantitative estimate of drug-likeness (QED) is 0.428. The molecule has 9 heteroatoms. The number of sulfonamides is 1. The van der Waals surface area contributed by atoms with Gasteiger partial charge < -0.3 is 0 Å². The summed E-state index contributed by atoms with van der Waals surface area (Å²) in [6.07, 6.45) is 1.96. The number of benzene rings is 2. The molecule has 2 rings (SSSR count). The number of nitrogens with zero attached hydrogens (tertiary/aromatic N) is 2. The number of thioether (sulfide) groups is 1. The summed E-state index contributed by atoms with van der Waals surface area (Å²) < 4.78 is 26.4. The molecule has 0 spiro atoms. The Balaban J connectivity index is 2.28. The zero-order valence-electron chi connectivity index (χ0n) is 13.0. The van der Waals surface area contributed by atoms with E-state index in [1.807, 2.05) is 30.5 Å². The van der Waals surface area contributed by atoms with Gasteiger partial charge in [-0.15, -0.1) is 11.8 Å². The Morgan fingerprint density at radius 2 is 1.83 bits per heavy atom. The molecule has 2 aromatic rings. The van der Waals surface area contributed by atoms with Crippen LogP contribution in [0, 0.1) is 10.1 Å². The molecule has 2 aromatic carbocycles. The Morgan fingerprint density at radius 1 is 1.21 bits per heavy atom. The van der Waals surface area contributed by atoms with Crippen LogP contribution >= 0.6 is 23.4 Å². The predicted molar refractivity (Wildman–Crippen MR) is 95.0 cm³/mol. The van der Waals surface area contributed by atoms with Crippen molar-refractivity contribution in [2.75, 3.05) is 13.3 Å². The summed E-state index contributed by atoms with van der Waals surface area (Å²) >= 11 is 7.32. The fourth-order valence-corrected chi connectivity index (χ4v) is 3.82. The van der Waals surface area contributed by atoms with E-state index in [2.05, 4.69) is 0 Å². The molecular formula is C15H15ClN2O4S2. The van der Waals surface area contributed by atoms with Gasteiger partial charge in [0.25, 0.3) is 5.69 Å². The van der Waals surface area contributed by atoms with E-state index in [1.54, 1.807) is 11.8 Å². The van der Waals surface area contributed by atoms with Crippen molar-refractivity contribution in [2.45, 2.75) is 16.3 Å². The highest BCUT2D eigenvalue weighted by Crippen LogP contribution is 2.28. The van der Waals surface area contributed by atoms with Crippen LogP contribution in [0.2, 0.25) is 5.02 Å². The molecule has 0 saturated carbocycles. The molecule has 0 amide bonds. The number of halogens is 1. The summed E-state index contributed by atoms with van der Waals surface area (Å²) in [7, 11) is -2.43. The lowest BCUT2D eigenvalue weighted by Crippen LogP contribution is -2.26. The fraction of sp³-hybridized carbons (Fsp3) is 0.200. The van der Waals surface area contributed by atoms with Gasteiger partial charge in [-0.25, -0.2) is 8.42 Å². The largest absolute Gasteiger partial charge is 0.289 e. The van der Waals surface area contributed by atoms with E-state index in [-0.39, 0.29) is 16.5 Å². The number of nitro groups is 1. The second-order valence-corrected chi connectivity index (χ2v) is 8.31. The van der Waals surface area contributed by atoms with Gasteiger partial charge in [-0.2, -0.15) is 4.31 Å². The van der Waals surface area contributed by atoms with Gasteiger partial charge in [0.15, 0.2) is 0 Å². The Hall–Kier alpha value is -1.61. The highest BCUT2D eigenvalue weighted by molar-refractivity contribution is 7.98. The molecule has 0 aliphatic carbocycles. The predicted octanol–water partition coefficient (Wildman–Crippen LogP) is 3.79. The van der Waals surface area contributed by atoms with Crippen LogP contribution in [0.5, 0.6) is 0 Å². The minimum atomic E-state index is -3.86. The Morgan fingerprint density at radius 3 is 2.38 bits per heavy atom. The first-order valence-corrected chi connectivity index (χ1v) is 9.83. The van der Waals surface area contributed by atoms with Crippen molar-refractivity contribution >= 4 is 39.1 Å². The van der Waals surface area contributed by atoms with Crippen molar-refractivity contribution in [2.24, 2.45) is 0 Å². The van der Waals surface area contributed by atoms with Crippen molar-refractivity contribution in [3.63, 3.8) is 0 Å². The van der Waals surface area contributed by atoms with Crippen LogP contribution in [0.4, 0.5) is 5.69 Å². The van der Waals surface area contributed by atoms with Gasteiger partial charge in [0.1, 0.15) is 5.02 Å². The van der Waals surface area contributed by atoms with Gasteiger partial charge in [0, 0.05) is 24.6 Å². The van der Waals surface area contributed by atoms with Crippen LogP contribution in [-0.4, -0.2) is 30.9 Å². The van der Waals surface area contributed by atoms with Crippen LogP contribution in [0.3, 0.4) is 0 Å². The summed E-state index contributed by atoms with van der Waals surface area (Å²) in [4.78, 5) is 11.1. The first-order chi connectivity index (χ1) is 11.3. The molecule has 128 valence electrons. The van der Waals surface area contributed by atoms with Crippen LogP contribution in [0.15, 0.2) is 52.3 Å². The molecule has 0 bridgehead atoms. The van der Waals surface area contributed by atoms with Crippen LogP contribution < -0.4 is 0 Å². The van der Waals surface area contributed by atoms with Gasteiger partial charge in [0.2, 0.25) is 10.0 Å². The Bertz CT molecular complexity index is 854. The van der Waals surface area contributed by atoms with Crippen molar-refractivity contribution < 1.29 is 13.3 Å². The molecule has 0 saturated heterocycles. The smallest absolute Gasteiger partial charge is 0.258 e. The molecule has 6 nitrogen and oxygen atoms in total. The average molecular weight is 387 g/mol. The first kappa shape index (κ1) is 18.7. The van der Waals surface area contributed by atoms with E-state index in [1.165, 1.54) is 19.2 Å². The number of hydrogen-bond donors (Lipinski definition) is 0. The maximum atomic E-state index is 12.6. The highest BCUT2D eigenvalue weighted by Gasteiger charge is 2.24. The van der Waals surface area contributed by atoms with Crippen molar-refractivity contribution in [1.29, 1.82) is 0 Å². The lowest BCUT2D eigenvalue weighted by atomic mass is 10.2. The van der Waals surface area contributed by atoms with Gasteiger partial charge in [-0.1, -0.05) is 23.7 Å². The van der Waals surface area contributed by atoms with E-state index in [0.717, 1.165) is 20.8 Å². The van der Waals surface area contributed by atoms with Crippen LogP contribution in [0.1, 0.15) is 5.56 Å². The topological polar surface area (TPSA) is 80.5 Å². The molecule has 0 heterocycles. The zero-order chi connectivity index (χ0) is 17.9. The second-order valence-electron chi connectivity index (χ2n) is 4.98. The Kier molecular flexibility index (Phi) is 5.87. The van der Waals surface area contributed by atoms with Crippen LogP contribution in [0.25, 0.3) is 0 Å². The normalized spacial score (nSPS) is 11.7. The standard InChI is InChI=1S/C15H15ClN2O4S2/c1-17(10-11-3-5-12(23-2)6-4-11)24(21,22)13-7-8-14(16)15(9-13)18(19)20/h3-9H,10H2,1-2H3. The zero-order valence-corrected chi connectivity index (χ0v) is 15.4. The van der Waals surface area contributed by atoms with Crippen molar-refractivity contribution in [3.8, 4) is 0 Å².